The minimum atomic E-state index is -4.55. The lowest BCUT2D eigenvalue weighted by atomic mass is 10.2. The molecule has 0 fully saturated rings. The topological polar surface area (TPSA) is 46.2 Å². The van der Waals surface area contributed by atoms with Crippen LogP contribution < -0.4 is 4.72 Å². The first kappa shape index (κ1) is 16.8. The van der Waals surface area contributed by atoms with Gasteiger partial charge < -0.3 is 0 Å². The van der Waals surface area contributed by atoms with Gasteiger partial charge in [0.2, 0.25) is 0 Å². The van der Waals surface area contributed by atoms with Crippen molar-refractivity contribution in [1.82, 2.24) is 0 Å². The molecule has 0 aromatic heterocycles. The second kappa shape index (κ2) is 5.92. The average Bonchev–Trinajstić information content (AvgIpc) is 2.40. The average molecular weight is 394 g/mol. The van der Waals surface area contributed by atoms with Crippen molar-refractivity contribution in [3.8, 4) is 0 Å². The minimum absolute atomic E-state index is 0.0255. The summed E-state index contributed by atoms with van der Waals surface area (Å²) in [6, 6.07) is 8.75. The molecule has 3 nitrogen and oxygen atoms in total. The molecule has 2 aromatic rings. The number of anilines is 1. The summed E-state index contributed by atoms with van der Waals surface area (Å²) in [7, 11) is -3.96. The largest absolute Gasteiger partial charge is 0.416 e. The zero-order chi connectivity index (χ0) is 16.5. The van der Waals surface area contributed by atoms with Crippen LogP contribution in [0.2, 0.25) is 0 Å². The van der Waals surface area contributed by atoms with E-state index in [1.165, 1.54) is 12.1 Å². The Labute approximate surface area is 134 Å². The Kier molecular flexibility index (Phi) is 4.53. The maximum absolute atomic E-state index is 12.7. The molecule has 0 unspecified atom stereocenters. The van der Waals surface area contributed by atoms with Crippen LogP contribution >= 0.6 is 15.9 Å². The van der Waals surface area contributed by atoms with Crippen LogP contribution in [0.25, 0.3) is 0 Å². The Morgan fingerprint density at radius 3 is 2.18 bits per heavy atom. The molecule has 0 aliphatic heterocycles. The molecular formula is C14H11BrF3NO2S. The Morgan fingerprint density at radius 2 is 1.64 bits per heavy atom. The molecule has 0 saturated heterocycles. The van der Waals surface area contributed by atoms with Gasteiger partial charge in [-0.1, -0.05) is 17.7 Å². The minimum Gasteiger partial charge on any atom is -0.278 e. The highest BCUT2D eigenvalue weighted by Crippen LogP contribution is 2.34. The van der Waals surface area contributed by atoms with Gasteiger partial charge in [-0.15, -0.1) is 0 Å². The summed E-state index contributed by atoms with van der Waals surface area (Å²) in [5.41, 5.74) is -0.230. The van der Waals surface area contributed by atoms with Crippen LogP contribution in [0.3, 0.4) is 0 Å². The van der Waals surface area contributed by atoms with Crippen LogP contribution in [-0.2, 0) is 16.2 Å². The maximum Gasteiger partial charge on any atom is 0.416 e. The number of sulfonamides is 1. The Hall–Kier alpha value is -1.54. The molecule has 0 aliphatic carbocycles. The van der Waals surface area contributed by atoms with Gasteiger partial charge in [0, 0.05) is 4.47 Å². The first-order valence-corrected chi connectivity index (χ1v) is 8.33. The third-order valence-corrected chi connectivity index (χ3v) is 4.94. The van der Waals surface area contributed by atoms with Crippen molar-refractivity contribution in [1.29, 1.82) is 0 Å². The molecule has 1 N–H and O–H groups in total. The van der Waals surface area contributed by atoms with Crippen molar-refractivity contribution in [2.24, 2.45) is 0 Å². The van der Waals surface area contributed by atoms with Gasteiger partial charge in [0.05, 0.1) is 16.1 Å². The number of aryl methyl sites for hydroxylation is 1. The molecule has 0 bridgehead atoms. The monoisotopic (exact) mass is 393 g/mol. The number of rotatable bonds is 3. The predicted octanol–water partition coefficient (Wildman–Crippen LogP) is 4.58. The van der Waals surface area contributed by atoms with Crippen molar-refractivity contribution in [3.63, 3.8) is 0 Å². The highest BCUT2D eigenvalue weighted by atomic mass is 79.9. The number of hydrogen-bond acceptors (Lipinski definition) is 2. The number of alkyl halides is 3. The maximum atomic E-state index is 12.7. The molecule has 118 valence electrons. The van der Waals surface area contributed by atoms with Crippen LogP contribution in [-0.4, -0.2) is 8.42 Å². The van der Waals surface area contributed by atoms with Crippen molar-refractivity contribution >= 4 is 31.6 Å². The molecule has 0 aliphatic rings. The van der Waals surface area contributed by atoms with E-state index < -0.39 is 21.8 Å². The molecule has 0 amide bonds. The van der Waals surface area contributed by atoms with Crippen molar-refractivity contribution in [2.75, 3.05) is 4.72 Å². The lowest BCUT2D eigenvalue weighted by Gasteiger charge is -2.13. The fourth-order valence-corrected chi connectivity index (χ4v) is 3.25. The molecule has 8 heteroatoms. The molecule has 0 heterocycles. The third kappa shape index (κ3) is 3.80. The number of benzene rings is 2. The first-order valence-electron chi connectivity index (χ1n) is 6.06. The van der Waals surface area contributed by atoms with Crippen molar-refractivity contribution < 1.29 is 21.6 Å². The highest BCUT2D eigenvalue weighted by Gasteiger charge is 2.31. The van der Waals surface area contributed by atoms with E-state index in [9.17, 15) is 21.6 Å². The smallest absolute Gasteiger partial charge is 0.278 e. The third-order valence-electron chi connectivity index (χ3n) is 2.87. The summed E-state index contributed by atoms with van der Waals surface area (Å²) >= 11 is 3.04. The van der Waals surface area contributed by atoms with E-state index in [0.29, 0.717) is 0 Å². The summed E-state index contributed by atoms with van der Waals surface area (Å²) in [5, 5.41) is 0. The molecule has 0 radical (unpaired) electrons. The van der Waals surface area contributed by atoms with Gasteiger partial charge in [-0.25, -0.2) is 8.42 Å². The van der Waals surface area contributed by atoms with E-state index in [0.717, 1.165) is 23.8 Å². The predicted molar refractivity (Wildman–Crippen MR) is 81.1 cm³/mol. The lowest BCUT2D eigenvalue weighted by Crippen LogP contribution is -2.14. The molecule has 0 saturated carbocycles. The van der Waals surface area contributed by atoms with Gasteiger partial charge in [-0.2, -0.15) is 13.2 Å². The van der Waals surface area contributed by atoms with Crippen LogP contribution in [0.4, 0.5) is 18.9 Å². The van der Waals surface area contributed by atoms with Gasteiger partial charge in [0.25, 0.3) is 10.0 Å². The summed E-state index contributed by atoms with van der Waals surface area (Å²) < 4.78 is 64.9. The summed E-state index contributed by atoms with van der Waals surface area (Å²) in [5.74, 6) is 0. The zero-order valence-corrected chi connectivity index (χ0v) is 13.7. The summed E-state index contributed by atoms with van der Waals surface area (Å²) in [6.45, 7) is 1.80. The van der Waals surface area contributed by atoms with E-state index in [-0.39, 0.29) is 15.1 Å². The second-order valence-corrected chi connectivity index (χ2v) is 7.15. The fraction of sp³-hybridized carbons (Fsp3) is 0.143. The molecule has 22 heavy (non-hydrogen) atoms. The van der Waals surface area contributed by atoms with E-state index in [2.05, 4.69) is 20.7 Å². The second-order valence-electron chi connectivity index (χ2n) is 4.61. The molecule has 2 aromatic carbocycles. The molecule has 0 spiro atoms. The van der Waals surface area contributed by atoms with E-state index in [1.54, 1.807) is 19.1 Å². The lowest BCUT2D eigenvalue weighted by molar-refractivity contribution is -0.137. The fourth-order valence-electron chi connectivity index (χ4n) is 1.70. The van der Waals surface area contributed by atoms with Gasteiger partial charge in [0.15, 0.2) is 0 Å². The quantitative estimate of drug-likeness (QED) is 0.829. The van der Waals surface area contributed by atoms with E-state index in [4.69, 9.17) is 0 Å². The Balaban J connectivity index is 2.39. The SMILES string of the molecule is Cc1ccc(S(=O)(=O)Nc2cc(C(F)(F)F)ccc2Br)cc1. The highest BCUT2D eigenvalue weighted by molar-refractivity contribution is 9.10. The van der Waals surface area contributed by atoms with Crippen molar-refractivity contribution in [2.45, 2.75) is 18.0 Å². The van der Waals surface area contributed by atoms with Gasteiger partial charge in [0.1, 0.15) is 0 Å². The molecular weight excluding hydrogens is 383 g/mol. The number of halogens is 4. The first-order chi connectivity index (χ1) is 10.1. The van der Waals surface area contributed by atoms with Gasteiger partial charge >= 0.3 is 6.18 Å². The summed E-state index contributed by atoms with van der Waals surface area (Å²) in [4.78, 5) is -0.0255. The van der Waals surface area contributed by atoms with Crippen molar-refractivity contribution in [3.05, 3.63) is 58.1 Å². The van der Waals surface area contributed by atoms with Gasteiger partial charge in [-0.3, -0.25) is 4.72 Å². The zero-order valence-electron chi connectivity index (χ0n) is 11.3. The van der Waals surface area contributed by atoms with Crippen LogP contribution in [0.5, 0.6) is 0 Å². The normalized spacial score (nSPS) is 12.2. The van der Waals surface area contributed by atoms with Crippen LogP contribution in [0, 0.1) is 6.92 Å². The van der Waals surface area contributed by atoms with Crippen LogP contribution in [0.15, 0.2) is 51.8 Å². The summed E-state index contributed by atoms with van der Waals surface area (Å²) in [6.07, 6.45) is -4.55. The number of nitrogens with one attached hydrogen (secondary N) is 1. The molecule has 2 rings (SSSR count). The van der Waals surface area contributed by atoms with Crippen LogP contribution in [0.1, 0.15) is 11.1 Å². The Bertz CT molecular complexity index is 787. The standard InChI is InChI=1S/C14H11BrF3NO2S/c1-9-2-5-11(6-3-9)22(20,21)19-13-8-10(14(16,17)18)4-7-12(13)15/h2-8,19H,1H3. The van der Waals surface area contributed by atoms with E-state index >= 15 is 0 Å². The Morgan fingerprint density at radius 1 is 1.05 bits per heavy atom. The van der Waals surface area contributed by atoms with Gasteiger partial charge in [-0.05, 0) is 53.2 Å². The molecule has 0 atom stereocenters. The van der Waals surface area contributed by atoms with E-state index in [1.807, 2.05) is 0 Å². The number of hydrogen-bond donors (Lipinski definition) is 1.